The van der Waals surface area contributed by atoms with Crippen molar-refractivity contribution in [3.63, 3.8) is 0 Å². The minimum Gasteiger partial charge on any atom is -0.316 e. The Morgan fingerprint density at radius 1 is 1.47 bits per heavy atom. The molecule has 1 N–H and O–H groups in total. The smallest absolute Gasteiger partial charge is 0.196 e. The zero-order chi connectivity index (χ0) is 12.3. The van der Waals surface area contributed by atoms with Crippen LogP contribution in [0.5, 0.6) is 0 Å². The van der Waals surface area contributed by atoms with E-state index in [0.29, 0.717) is 0 Å². The molecule has 0 saturated carbocycles. The predicted octanol–water partition coefficient (Wildman–Crippen LogP) is 0.903. The van der Waals surface area contributed by atoms with Crippen molar-refractivity contribution in [2.45, 2.75) is 17.9 Å². The van der Waals surface area contributed by atoms with E-state index in [1.807, 2.05) is 0 Å². The lowest BCUT2D eigenvalue weighted by Gasteiger charge is -2.22. The highest BCUT2D eigenvalue weighted by Gasteiger charge is 2.24. The molecule has 0 spiro atoms. The van der Waals surface area contributed by atoms with Gasteiger partial charge in [0.2, 0.25) is 0 Å². The topological polar surface area (TPSA) is 72.0 Å². The second kappa shape index (κ2) is 5.29. The SMILES string of the molecule is O=S(=O)(C[C@H]1CCCNC1)c1cc(Cl)ncn1. The molecule has 17 heavy (non-hydrogen) atoms. The van der Waals surface area contributed by atoms with Crippen molar-refractivity contribution in [1.82, 2.24) is 15.3 Å². The van der Waals surface area contributed by atoms with Crippen molar-refractivity contribution in [3.05, 3.63) is 17.5 Å². The highest BCUT2D eigenvalue weighted by atomic mass is 35.5. The van der Waals surface area contributed by atoms with Gasteiger partial charge in [-0.25, -0.2) is 18.4 Å². The lowest BCUT2D eigenvalue weighted by atomic mass is 10.0. The van der Waals surface area contributed by atoms with Gasteiger partial charge in [-0.3, -0.25) is 0 Å². The molecule has 1 saturated heterocycles. The summed E-state index contributed by atoms with van der Waals surface area (Å²) in [6, 6.07) is 1.30. The van der Waals surface area contributed by atoms with E-state index in [0.717, 1.165) is 25.9 Å². The number of hydrogen-bond donors (Lipinski definition) is 1. The van der Waals surface area contributed by atoms with E-state index in [9.17, 15) is 8.42 Å². The van der Waals surface area contributed by atoms with Crippen LogP contribution in [0.1, 0.15) is 12.8 Å². The van der Waals surface area contributed by atoms with Crippen LogP contribution in [0.25, 0.3) is 0 Å². The molecule has 1 aliphatic heterocycles. The lowest BCUT2D eigenvalue weighted by Crippen LogP contribution is -2.34. The van der Waals surface area contributed by atoms with Crippen LogP contribution < -0.4 is 5.32 Å². The second-order valence-corrected chi connectivity index (χ2v) is 6.54. The summed E-state index contributed by atoms with van der Waals surface area (Å²) < 4.78 is 24.2. The highest BCUT2D eigenvalue weighted by Crippen LogP contribution is 2.18. The quantitative estimate of drug-likeness (QED) is 0.830. The number of rotatable bonds is 3. The van der Waals surface area contributed by atoms with E-state index in [2.05, 4.69) is 15.3 Å². The van der Waals surface area contributed by atoms with E-state index in [1.165, 1.54) is 12.4 Å². The molecule has 0 unspecified atom stereocenters. The summed E-state index contributed by atoms with van der Waals surface area (Å²) in [5.41, 5.74) is 0. The van der Waals surface area contributed by atoms with Gasteiger partial charge in [0.1, 0.15) is 11.5 Å². The Bertz CT molecular complexity index is 486. The number of hydrogen-bond acceptors (Lipinski definition) is 5. The molecule has 0 bridgehead atoms. The number of nitrogens with zero attached hydrogens (tertiary/aromatic N) is 2. The van der Waals surface area contributed by atoms with Gasteiger partial charge in [0.25, 0.3) is 0 Å². The Balaban J connectivity index is 2.13. The molecule has 0 radical (unpaired) electrons. The first-order valence-electron chi connectivity index (χ1n) is 5.49. The zero-order valence-corrected chi connectivity index (χ0v) is 10.8. The number of aromatic nitrogens is 2. The molecule has 7 heteroatoms. The summed E-state index contributed by atoms with van der Waals surface area (Å²) in [5.74, 6) is 0.273. The van der Waals surface area contributed by atoms with Gasteiger partial charge in [0, 0.05) is 6.07 Å². The average Bonchev–Trinajstić information content (AvgIpc) is 2.30. The maximum Gasteiger partial charge on any atom is 0.196 e. The Hall–Kier alpha value is -0.720. The van der Waals surface area contributed by atoms with Gasteiger partial charge < -0.3 is 5.32 Å². The highest BCUT2D eigenvalue weighted by molar-refractivity contribution is 7.91. The first kappa shape index (κ1) is 12.7. The molecule has 5 nitrogen and oxygen atoms in total. The summed E-state index contributed by atoms with van der Waals surface area (Å²) in [4.78, 5) is 7.45. The molecule has 1 aromatic heterocycles. The summed E-state index contributed by atoms with van der Waals surface area (Å²) in [7, 11) is -3.36. The van der Waals surface area contributed by atoms with E-state index in [1.54, 1.807) is 0 Å². The molecule has 1 aromatic rings. The molecular weight excluding hydrogens is 262 g/mol. The van der Waals surface area contributed by atoms with Crippen LogP contribution in [-0.4, -0.2) is 37.2 Å². The molecule has 2 rings (SSSR count). The van der Waals surface area contributed by atoms with Crippen LogP contribution >= 0.6 is 11.6 Å². The minimum atomic E-state index is -3.36. The maximum absolute atomic E-state index is 12.1. The fourth-order valence-corrected chi connectivity index (χ4v) is 3.74. The minimum absolute atomic E-state index is 0.0167. The first-order chi connectivity index (χ1) is 8.08. The Labute approximate surface area is 106 Å². The second-order valence-electron chi connectivity index (χ2n) is 4.17. The van der Waals surface area contributed by atoms with Crippen LogP contribution in [0, 0.1) is 5.92 Å². The van der Waals surface area contributed by atoms with Gasteiger partial charge in [-0.05, 0) is 31.8 Å². The van der Waals surface area contributed by atoms with Crippen molar-refractivity contribution >= 4 is 21.4 Å². The Morgan fingerprint density at radius 2 is 2.29 bits per heavy atom. The average molecular weight is 276 g/mol. The van der Waals surface area contributed by atoms with Gasteiger partial charge in [0.15, 0.2) is 14.9 Å². The predicted molar refractivity (Wildman–Crippen MR) is 64.7 cm³/mol. The number of nitrogens with one attached hydrogen (secondary N) is 1. The zero-order valence-electron chi connectivity index (χ0n) is 9.26. The van der Waals surface area contributed by atoms with E-state index in [-0.39, 0.29) is 21.8 Å². The fraction of sp³-hybridized carbons (Fsp3) is 0.600. The van der Waals surface area contributed by atoms with Gasteiger partial charge >= 0.3 is 0 Å². The maximum atomic E-state index is 12.1. The normalized spacial score (nSPS) is 21.4. The molecular formula is C10H14ClN3O2S. The molecule has 0 aromatic carbocycles. The van der Waals surface area contributed by atoms with Crippen molar-refractivity contribution in [2.24, 2.45) is 5.92 Å². The largest absolute Gasteiger partial charge is 0.316 e. The van der Waals surface area contributed by atoms with Gasteiger partial charge in [-0.15, -0.1) is 0 Å². The first-order valence-corrected chi connectivity index (χ1v) is 7.52. The van der Waals surface area contributed by atoms with Crippen LogP contribution in [0.2, 0.25) is 5.15 Å². The number of sulfone groups is 1. The van der Waals surface area contributed by atoms with Crippen LogP contribution in [0.4, 0.5) is 0 Å². The lowest BCUT2D eigenvalue weighted by molar-refractivity contribution is 0.403. The summed E-state index contributed by atoms with van der Waals surface area (Å²) >= 11 is 5.67. The van der Waals surface area contributed by atoms with E-state index < -0.39 is 9.84 Å². The molecule has 0 aliphatic carbocycles. The molecule has 0 amide bonds. The van der Waals surface area contributed by atoms with Crippen molar-refractivity contribution in [1.29, 1.82) is 0 Å². The van der Waals surface area contributed by atoms with Crippen molar-refractivity contribution < 1.29 is 8.42 Å². The van der Waals surface area contributed by atoms with Crippen LogP contribution in [-0.2, 0) is 9.84 Å². The van der Waals surface area contributed by atoms with Gasteiger partial charge in [-0.2, -0.15) is 0 Å². The Morgan fingerprint density at radius 3 is 2.94 bits per heavy atom. The van der Waals surface area contributed by atoms with Crippen molar-refractivity contribution in [2.75, 3.05) is 18.8 Å². The molecule has 94 valence electrons. The molecule has 1 aliphatic rings. The number of piperidine rings is 1. The molecule has 2 heterocycles. The Kier molecular flexibility index (Phi) is 3.96. The third kappa shape index (κ3) is 3.37. The molecule has 1 atom stereocenters. The van der Waals surface area contributed by atoms with Crippen LogP contribution in [0.15, 0.2) is 17.4 Å². The fourth-order valence-electron chi connectivity index (χ4n) is 1.95. The standard InChI is InChI=1S/C10H14ClN3O2S/c11-9-4-10(14-7-13-9)17(15,16)6-8-2-1-3-12-5-8/h4,7-8,12H,1-3,5-6H2/t8-/m0/s1. The monoisotopic (exact) mass is 275 g/mol. The van der Waals surface area contributed by atoms with Crippen molar-refractivity contribution in [3.8, 4) is 0 Å². The third-order valence-electron chi connectivity index (χ3n) is 2.78. The third-order valence-corrected chi connectivity index (χ3v) is 4.76. The summed E-state index contributed by atoms with van der Waals surface area (Å²) in [6.07, 6.45) is 3.13. The van der Waals surface area contributed by atoms with Gasteiger partial charge in [0.05, 0.1) is 5.75 Å². The van der Waals surface area contributed by atoms with Crippen LogP contribution in [0.3, 0.4) is 0 Å². The number of halogens is 1. The van der Waals surface area contributed by atoms with E-state index in [4.69, 9.17) is 11.6 Å². The summed E-state index contributed by atoms with van der Waals surface area (Å²) in [6.45, 7) is 1.72. The molecule has 1 fully saturated rings. The van der Waals surface area contributed by atoms with E-state index >= 15 is 0 Å². The van der Waals surface area contributed by atoms with Gasteiger partial charge in [-0.1, -0.05) is 11.6 Å². The summed E-state index contributed by atoms with van der Waals surface area (Å²) in [5, 5.41) is 3.37.